The predicted molar refractivity (Wildman–Crippen MR) is 117 cm³/mol. The molecule has 0 spiro atoms. The van der Waals surface area contributed by atoms with Crippen molar-refractivity contribution in [2.75, 3.05) is 10.6 Å². The minimum Gasteiger partial charge on any atom is -0.351 e. The van der Waals surface area contributed by atoms with Gasteiger partial charge in [-0.15, -0.1) is 0 Å². The van der Waals surface area contributed by atoms with E-state index in [1.54, 1.807) is 48.8 Å². The lowest BCUT2D eigenvalue weighted by atomic mass is 10.1. The van der Waals surface area contributed by atoms with Gasteiger partial charge in [-0.05, 0) is 53.6 Å². The summed E-state index contributed by atoms with van der Waals surface area (Å²) in [5.74, 6) is -0.304. The monoisotopic (exact) mass is 418 g/mol. The van der Waals surface area contributed by atoms with Crippen molar-refractivity contribution in [3.8, 4) is 0 Å². The maximum absolute atomic E-state index is 12.4. The standard InChI is InChI=1S/C22H22N6O3/c23-21(30)27-19-6-2-4-17(12-19)20(29)25-14-16-3-1-5-18(11-16)28-22(31)26-13-15-7-9-24-10-8-15/h1-12H,13-14H2,(H,25,29)(H3,23,27,30)(H2,26,28,31). The van der Waals surface area contributed by atoms with Crippen LogP contribution in [-0.4, -0.2) is 23.0 Å². The van der Waals surface area contributed by atoms with Crippen LogP contribution in [0.1, 0.15) is 21.5 Å². The van der Waals surface area contributed by atoms with Crippen molar-refractivity contribution in [1.82, 2.24) is 15.6 Å². The summed E-state index contributed by atoms with van der Waals surface area (Å²) in [4.78, 5) is 39.4. The van der Waals surface area contributed by atoms with Gasteiger partial charge < -0.3 is 27.0 Å². The van der Waals surface area contributed by atoms with Crippen molar-refractivity contribution < 1.29 is 14.4 Å². The molecule has 0 atom stereocenters. The third-order valence-corrected chi connectivity index (χ3v) is 4.23. The van der Waals surface area contributed by atoms with Crippen molar-refractivity contribution in [2.24, 2.45) is 5.73 Å². The molecule has 0 aliphatic rings. The smallest absolute Gasteiger partial charge is 0.319 e. The van der Waals surface area contributed by atoms with E-state index in [0.717, 1.165) is 11.1 Å². The number of hydrogen-bond donors (Lipinski definition) is 5. The third kappa shape index (κ3) is 6.86. The number of hydrogen-bond acceptors (Lipinski definition) is 4. The highest BCUT2D eigenvalue weighted by molar-refractivity contribution is 5.96. The highest BCUT2D eigenvalue weighted by atomic mass is 16.2. The Bertz CT molecular complexity index is 1070. The molecule has 3 aromatic rings. The minimum absolute atomic E-state index is 0.264. The summed E-state index contributed by atoms with van der Waals surface area (Å²) in [6.45, 7) is 0.647. The summed E-state index contributed by atoms with van der Waals surface area (Å²) in [6.07, 6.45) is 3.33. The molecule has 1 heterocycles. The molecule has 0 aliphatic carbocycles. The van der Waals surface area contributed by atoms with Crippen LogP contribution in [0.25, 0.3) is 0 Å². The fourth-order valence-corrected chi connectivity index (χ4v) is 2.78. The summed E-state index contributed by atoms with van der Waals surface area (Å²) < 4.78 is 0. The first kappa shape index (κ1) is 21.3. The Labute approximate surface area is 179 Å². The zero-order valence-corrected chi connectivity index (χ0v) is 16.6. The molecule has 0 radical (unpaired) electrons. The molecule has 1 aromatic heterocycles. The van der Waals surface area contributed by atoms with Crippen LogP contribution in [0.15, 0.2) is 73.1 Å². The van der Waals surface area contributed by atoms with Gasteiger partial charge in [0.25, 0.3) is 5.91 Å². The van der Waals surface area contributed by atoms with Gasteiger partial charge in [-0.25, -0.2) is 9.59 Å². The molecule has 5 amide bonds. The number of urea groups is 2. The zero-order chi connectivity index (χ0) is 22.1. The number of primary amides is 1. The topological polar surface area (TPSA) is 138 Å². The molecule has 31 heavy (non-hydrogen) atoms. The predicted octanol–water partition coefficient (Wildman–Crippen LogP) is 2.82. The molecule has 158 valence electrons. The van der Waals surface area contributed by atoms with E-state index in [2.05, 4.69) is 26.3 Å². The summed E-state index contributed by atoms with van der Waals surface area (Å²) in [6, 6.07) is 16.2. The van der Waals surface area contributed by atoms with Gasteiger partial charge in [0.2, 0.25) is 0 Å². The van der Waals surface area contributed by atoms with Gasteiger partial charge in [-0.1, -0.05) is 18.2 Å². The van der Waals surface area contributed by atoms with E-state index in [9.17, 15) is 14.4 Å². The second-order valence-electron chi connectivity index (χ2n) is 6.62. The van der Waals surface area contributed by atoms with Crippen molar-refractivity contribution >= 4 is 29.3 Å². The third-order valence-electron chi connectivity index (χ3n) is 4.23. The summed E-state index contributed by atoms with van der Waals surface area (Å²) in [7, 11) is 0. The van der Waals surface area contributed by atoms with Gasteiger partial charge >= 0.3 is 12.1 Å². The zero-order valence-electron chi connectivity index (χ0n) is 16.6. The molecule has 2 aromatic carbocycles. The van der Waals surface area contributed by atoms with Crippen molar-refractivity contribution in [1.29, 1.82) is 0 Å². The number of carbonyl (C=O) groups is 3. The van der Waals surface area contributed by atoms with Gasteiger partial charge in [0.1, 0.15) is 0 Å². The molecule has 9 heteroatoms. The Morgan fingerprint density at radius 1 is 0.774 bits per heavy atom. The van der Waals surface area contributed by atoms with Crippen LogP contribution in [0.5, 0.6) is 0 Å². The lowest BCUT2D eigenvalue weighted by molar-refractivity contribution is 0.0951. The Morgan fingerprint density at radius 2 is 1.45 bits per heavy atom. The number of benzene rings is 2. The Balaban J connectivity index is 1.52. The number of carbonyl (C=O) groups excluding carboxylic acids is 3. The Kier molecular flexibility index (Phi) is 7.15. The Morgan fingerprint density at radius 3 is 2.19 bits per heavy atom. The molecule has 0 fully saturated rings. The molecule has 0 bridgehead atoms. The van der Waals surface area contributed by atoms with E-state index in [1.807, 2.05) is 18.2 Å². The number of nitrogens with one attached hydrogen (secondary N) is 4. The summed E-state index contributed by atoms with van der Waals surface area (Å²) in [5, 5.41) is 10.8. The van der Waals surface area contributed by atoms with Crippen LogP contribution >= 0.6 is 0 Å². The molecule has 0 saturated heterocycles. The average molecular weight is 418 g/mol. The quantitative estimate of drug-likeness (QED) is 0.403. The number of anilines is 2. The number of amides is 5. The molecular weight excluding hydrogens is 396 g/mol. The fourth-order valence-electron chi connectivity index (χ4n) is 2.78. The summed E-state index contributed by atoms with van der Waals surface area (Å²) in [5.41, 5.74) is 8.27. The first-order chi connectivity index (χ1) is 15.0. The van der Waals surface area contributed by atoms with E-state index in [1.165, 1.54) is 6.07 Å². The van der Waals surface area contributed by atoms with Crippen molar-refractivity contribution in [2.45, 2.75) is 13.1 Å². The average Bonchev–Trinajstić information content (AvgIpc) is 2.77. The first-order valence-electron chi connectivity index (χ1n) is 9.47. The van der Waals surface area contributed by atoms with E-state index in [0.29, 0.717) is 23.5 Å². The van der Waals surface area contributed by atoms with Crippen LogP contribution in [0.4, 0.5) is 21.0 Å². The molecule has 9 nitrogen and oxygen atoms in total. The van der Waals surface area contributed by atoms with Crippen LogP contribution in [-0.2, 0) is 13.1 Å². The molecule has 6 N–H and O–H groups in total. The lowest BCUT2D eigenvalue weighted by Gasteiger charge is -2.10. The van der Waals surface area contributed by atoms with Crippen LogP contribution in [0.2, 0.25) is 0 Å². The van der Waals surface area contributed by atoms with E-state index in [4.69, 9.17) is 5.73 Å². The van der Waals surface area contributed by atoms with E-state index < -0.39 is 6.03 Å². The van der Waals surface area contributed by atoms with Crippen LogP contribution < -0.4 is 27.0 Å². The fraction of sp³-hybridized carbons (Fsp3) is 0.0909. The van der Waals surface area contributed by atoms with Crippen LogP contribution in [0.3, 0.4) is 0 Å². The van der Waals surface area contributed by atoms with Gasteiger partial charge in [-0.2, -0.15) is 0 Å². The maximum atomic E-state index is 12.4. The SMILES string of the molecule is NC(=O)Nc1cccc(C(=O)NCc2cccc(NC(=O)NCc3ccncc3)c2)c1. The van der Waals surface area contributed by atoms with Gasteiger partial charge in [0.15, 0.2) is 0 Å². The highest BCUT2D eigenvalue weighted by Gasteiger charge is 2.08. The number of nitrogens with zero attached hydrogens (tertiary/aromatic N) is 1. The molecule has 0 saturated carbocycles. The second-order valence-corrected chi connectivity index (χ2v) is 6.62. The number of aromatic nitrogens is 1. The maximum Gasteiger partial charge on any atom is 0.319 e. The first-order valence-corrected chi connectivity index (χ1v) is 9.47. The lowest BCUT2D eigenvalue weighted by Crippen LogP contribution is -2.28. The Hall–Kier alpha value is -4.40. The molecule has 0 unspecified atom stereocenters. The number of pyridine rings is 1. The van der Waals surface area contributed by atoms with Crippen molar-refractivity contribution in [3.05, 3.63) is 89.7 Å². The van der Waals surface area contributed by atoms with E-state index in [-0.39, 0.29) is 18.5 Å². The normalized spacial score (nSPS) is 10.1. The summed E-state index contributed by atoms with van der Waals surface area (Å²) >= 11 is 0. The highest BCUT2D eigenvalue weighted by Crippen LogP contribution is 2.13. The van der Waals surface area contributed by atoms with Gasteiger partial charge in [-0.3, -0.25) is 9.78 Å². The minimum atomic E-state index is -0.702. The number of rotatable bonds is 7. The van der Waals surface area contributed by atoms with Gasteiger partial charge in [0, 0.05) is 42.4 Å². The molecule has 3 rings (SSSR count). The van der Waals surface area contributed by atoms with Crippen molar-refractivity contribution in [3.63, 3.8) is 0 Å². The van der Waals surface area contributed by atoms with E-state index >= 15 is 0 Å². The van der Waals surface area contributed by atoms with Gasteiger partial charge in [0.05, 0.1) is 0 Å². The molecular formula is C22H22N6O3. The second kappa shape index (κ2) is 10.4. The van der Waals surface area contributed by atoms with Crippen LogP contribution in [0, 0.1) is 0 Å². The molecule has 0 aliphatic heterocycles. The largest absolute Gasteiger partial charge is 0.351 e. The number of nitrogens with two attached hydrogens (primary N) is 1.